The average Bonchev–Trinajstić information content (AvgIpc) is 2.37. The standard InChI is InChI=1S/C13H24N4O2/c1-6-8-17-10(14)9(15-13(3,4)7-2)11(18)16(5)12(17)19/h15H,6-8,14H2,1-5H3. The first-order valence-corrected chi connectivity index (χ1v) is 6.62. The molecule has 0 bridgehead atoms. The quantitative estimate of drug-likeness (QED) is 0.839. The summed E-state index contributed by atoms with van der Waals surface area (Å²) in [5.74, 6) is 0.219. The molecule has 0 unspecified atom stereocenters. The zero-order chi connectivity index (χ0) is 14.8. The molecule has 0 aliphatic rings. The van der Waals surface area contributed by atoms with Crippen molar-refractivity contribution >= 4 is 11.5 Å². The van der Waals surface area contributed by atoms with Crippen LogP contribution in [0.4, 0.5) is 11.5 Å². The molecule has 0 saturated carbocycles. The minimum Gasteiger partial charge on any atom is -0.383 e. The molecule has 0 fully saturated rings. The molecule has 0 aliphatic heterocycles. The summed E-state index contributed by atoms with van der Waals surface area (Å²) in [4.78, 5) is 24.2. The molecule has 0 saturated heterocycles. The zero-order valence-corrected chi connectivity index (χ0v) is 12.4. The topological polar surface area (TPSA) is 82.0 Å². The van der Waals surface area contributed by atoms with Gasteiger partial charge < -0.3 is 11.1 Å². The predicted octanol–water partition coefficient (Wildman–Crippen LogP) is 1.14. The van der Waals surface area contributed by atoms with E-state index in [1.54, 1.807) is 0 Å². The van der Waals surface area contributed by atoms with Crippen molar-refractivity contribution in [3.63, 3.8) is 0 Å². The molecule has 0 amide bonds. The number of nitrogens with two attached hydrogens (primary N) is 1. The first kappa shape index (κ1) is 15.3. The Morgan fingerprint density at radius 1 is 1.26 bits per heavy atom. The van der Waals surface area contributed by atoms with Crippen molar-refractivity contribution in [1.82, 2.24) is 9.13 Å². The van der Waals surface area contributed by atoms with Crippen LogP contribution in [0, 0.1) is 0 Å². The summed E-state index contributed by atoms with van der Waals surface area (Å²) in [6.07, 6.45) is 1.61. The normalized spacial score (nSPS) is 11.6. The van der Waals surface area contributed by atoms with E-state index in [0.717, 1.165) is 17.4 Å². The third kappa shape index (κ3) is 3.00. The molecular formula is C13H24N4O2. The summed E-state index contributed by atoms with van der Waals surface area (Å²) in [6.45, 7) is 8.46. The van der Waals surface area contributed by atoms with E-state index in [1.807, 2.05) is 27.7 Å². The highest BCUT2D eigenvalue weighted by atomic mass is 16.2. The summed E-state index contributed by atoms with van der Waals surface area (Å²) >= 11 is 0. The predicted molar refractivity (Wildman–Crippen MR) is 78.6 cm³/mol. The third-order valence-electron chi connectivity index (χ3n) is 3.38. The fourth-order valence-corrected chi connectivity index (χ4v) is 1.77. The molecule has 3 N–H and O–H groups in total. The van der Waals surface area contributed by atoms with E-state index in [1.165, 1.54) is 11.6 Å². The van der Waals surface area contributed by atoms with E-state index < -0.39 is 0 Å². The highest BCUT2D eigenvalue weighted by Gasteiger charge is 2.21. The van der Waals surface area contributed by atoms with Gasteiger partial charge in [0.05, 0.1) is 0 Å². The average molecular weight is 268 g/mol. The van der Waals surface area contributed by atoms with Crippen LogP contribution in [-0.2, 0) is 13.6 Å². The lowest BCUT2D eigenvalue weighted by molar-refractivity contribution is 0.539. The van der Waals surface area contributed by atoms with Crippen LogP contribution in [0.2, 0.25) is 0 Å². The van der Waals surface area contributed by atoms with E-state index in [4.69, 9.17) is 5.73 Å². The second kappa shape index (κ2) is 5.50. The van der Waals surface area contributed by atoms with Crippen molar-refractivity contribution in [3.8, 4) is 0 Å². The van der Waals surface area contributed by atoms with Crippen LogP contribution in [0.15, 0.2) is 9.59 Å². The Morgan fingerprint density at radius 2 is 1.84 bits per heavy atom. The fourth-order valence-electron chi connectivity index (χ4n) is 1.77. The van der Waals surface area contributed by atoms with Crippen molar-refractivity contribution in [2.45, 2.75) is 52.6 Å². The first-order chi connectivity index (χ1) is 8.75. The van der Waals surface area contributed by atoms with Crippen LogP contribution in [0.1, 0.15) is 40.5 Å². The molecule has 19 heavy (non-hydrogen) atoms. The van der Waals surface area contributed by atoms with Crippen molar-refractivity contribution < 1.29 is 0 Å². The van der Waals surface area contributed by atoms with Gasteiger partial charge in [0.15, 0.2) is 0 Å². The molecule has 1 aromatic rings. The Kier molecular flexibility index (Phi) is 4.44. The van der Waals surface area contributed by atoms with Gasteiger partial charge in [-0.3, -0.25) is 13.9 Å². The fraction of sp³-hybridized carbons (Fsp3) is 0.692. The zero-order valence-electron chi connectivity index (χ0n) is 12.4. The van der Waals surface area contributed by atoms with Gasteiger partial charge in [0, 0.05) is 19.1 Å². The Morgan fingerprint density at radius 3 is 2.32 bits per heavy atom. The first-order valence-electron chi connectivity index (χ1n) is 6.62. The van der Waals surface area contributed by atoms with Gasteiger partial charge in [-0.15, -0.1) is 0 Å². The van der Waals surface area contributed by atoms with Crippen molar-refractivity contribution in [3.05, 3.63) is 20.8 Å². The molecular weight excluding hydrogens is 244 g/mol. The minimum atomic E-state index is -0.378. The van der Waals surface area contributed by atoms with Crippen LogP contribution < -0.4 is 22.3 Å². The summed E-state index contributed by atoms with van der Waals surface area (Å²) in [7, 11) is 1.47. The molecule has 6 heteroatoms. The van der Waals surface area contributed by atoms with Gasteiger partial charge >= 0.3 is 5.69 Å². The molecule has 0 spiro atoms. The van der Waals surface area contributed by atoms with E-state index in [9.17, 15) is 9.59 Å². The number of nitrogen functional groups attached to an aromatic ring is 1. The molecule has 1 rings (SSSR count). The smallest absolute Gasteiger partial charge is 0.332 e. The van der Waals surface area contributed by atoms with Crippen LogP contribution >= 0.6 is 0 Å². The third-order valence-corrected chi connectivity index (χ3v) is 3.38. The van der Waals surface area contributed by atoms with Crippen molar-refractivity contribution in [1.29, 1.82) is 0 Å². The van der Waals surface area contributed by atoms with Gasteiger partial charge in [0.2, 0.25) is 0 Å². The number of anilines is 2. The summed E-state index contributed by atoms with van der Waals surface area (Å²) in [5.41, 5.74) is 5.29. The lowest BCUT2D eigenvalue weighted by atomic mass is 10.0. The van der Waals surface area contributed by atoms with Gasteiger partial charge in [-0.05, 0) is 26.7 Å². The maximum atomic E-state index is 12.2. The van der Waals surface area contributed by atoms with E-state index in [0.29, 0.717) is 12.2 Å². The lowest BCUT2D eigenvalue weighted by Gasteiger charge is -2.27. The summed E-state index contributed by atoms with van der Waals surface area (Å²) < 4.78 is 2.54. The van der Waals surface area contributed by atoms with Crippen molar-refractivity contribution in [2.75, 3.05) is 11.1 Å². The Labute approximate surface area is 113 Å². The van der Waals surface area contributed by atoms with Crippen LogP contribution in [0.25, 0.3) is 0 Å². The molecule has 0 atom stereocenters. The van der Waals surface area contributed by atoms with Crippen LogP contribution in [-0.4, -0.2) is 14.7 Å². The number of nitrogens with one attached hydrogen (secondary N) is 1. The van der Waals surface area contributed by atoms with Gasteiger partial charge in [-0.25, -0.2) is 4.79 Å². The number of aromatic nitrogens is 2. The largest absolute Gasteiger partial charge is 0.383 e. The van der Waals surface area contributed by atoms with Crippen LogP contribution in [0.3, 0.4) is 0 Å². The highest BCUT2D eigenvalue weighted by molar-refractivity contribution is 5.61. The summed E-state index contributed by atoms with van der Waals surface area (Å²) in [5, 5.41) is 3.15. The highest BCUT2D eigenvalue weighted by Crippen LogP contribution is 2.19. The van der Waals surface area contributed by atoms with Crippen molar-refractivity contribution in [2.24, 2.45) is 7.05 Å². The monoisotopic (exact) mass is 268 g/mol. The maximum Gasteiger partial charge on any atom is 0.332 e. The van der Waals surface area contributed by atoms with Gasteiger partial charge in [0.25, 0.3) is 5.56 Å². The van der Waals surface area contributed by atoms with Gasteiger partial charge in [-0.1, -0.05) is 13.8 Å². The molecule has 1 aromatic heterocycles. The maximum absolute atomic E-state index is 12.2. The molecule has 6 nitrogen and oxygen atoms in total. The number of hydrogen-bond donors (Lipinski definition) is 2. The SMILES string of the molecule is CCCn1c(N)c(NC(C)(C)CC)c(=O)n(C)c1=O. The van der Waals surface area contributed by atoms with Gasteiger partial charge in [-0.2, -0.15) is 0 Å². The van der Waals surface area contributed by atoms with Crippen LogP contribution in [0.5, 0.6) is 0 Å². The van der Waals surface area contributed by atoms with Gasteiger partial charge in [0.1, 0.15) is 11.5 Å². The molecule has 0 aliphatic carbocycles. The number of rotatable bonds is 5. The Bertz CT molecular complexity index is 569. The summed E-state index contributed by atoms with van der Waals surface area (Å²) in [6, 6.07) is 0. The molecule has 0 radical (unpaired) electrons. The Balaban J connectivity index is 3.48. The molecule has 1 heterocycles. The van der Waals surface area contributed by atoms with E-state index in [2.05, 4.69) is 5.32 Å². The number of hydrogen-bond acceptors (Lipinski definition) is 4. The Hall–Kier alpha value is -1.72. The molecule has 108 valence electrons. The lowest BCUT2D eigenvalue weighted by Crippen LogP contribution is -2.43. The number of nitrogens with zero attached hydrogens (tertiary/aromatic N) is 2. The van der Waals surface area contributed by atoms with E-state index >= 15 is 0 Å². The van der Waals surface area contributed by atoms with E-state index in [-0.39, 0.29) is 22.6 Å². The minimum absolute atomic E-state index is 0.219. The second-order valence-corrected chi connectivity index (χ2v) is 5.42. The second-order valence-electron chi connectivity index (χ2n) is 5.42. The molecule has 0 aromatic carbocycles.